The summed E-state index contributed by atoms with van der Waals surface area (Å²) in [5, 5.41) is 3.05. The summed E-state index contributed by atoms with van der Waals surface area (Å²) in [5.74, 6) is 0.0704. The topological polar surface area (TPSA) is 65.8 Å². The van der Waals surface area contributed by atoms with E-state index in [9.17, 15) is 9.59 Å². The molecule has 2 fully saturated rings. The van der Waals surface area contributed by atoms with Gasteiger partial charge in [0.05, 0.1) is 12.8 Å². The van der Waals surface area contributed by atoms with Crippen LogP contribution in [0.1, 0.15) is 22.8 Å². The molecule has 1 aromatic heterocycles. The van der Waals surface area contributed by atoms with Gasteiger partial charge in [0.15, 0.2) is 5.54 Å². The number of hydrogen-bond donors (Lipinski definition) is 1. The summed E-state index contributed by atoms with van der Waals surface area (Å²) in [6.07, 6.45) is 1.58. The van der Waals surface area contributed by atoms with Crippen LogP contribution in [0.25, 0.3) is 0 Å². The third-order valence-corrected chi connectivity index (χ3v) is 9.02. The molecule has 2 saturated heterocycles. The van der Waals surface area contributed by atoms with Gasteiger partial charge in [-0.3, -0.25) is 19.4 Å². The summed E-state index contributed by atoms with van der Waals surface area (Å²) < 4.78 is 4.83. The molecule has 0 aliphatic carbocycles. The van der Waals surface area contributed by atoms with Crippen LogP contribution in [0.4, 0.5) is 5.69 Å². The second-order valence-corrected chi connectivity index (χ2v) is 10.5. The first-order valence-electron chi connectivity index (χ1n) is 10.7. The Morgan fingerprint density at radius 1 is 1.09 bits per heavy atom. The highest BCUT2D eigenvalue weighted by Crippen LogP contribution is 2.65. The van der Waals surface area contributed by atoms with Crippen LogP contribution in [0.3, 0.4) is 0 Å². The highest BCUT2D eigenvalue weighted by molar-refractivity contribution is 8.25. The van der Waals surface area contributed by atoms with E-state index >= 15 is 0 Å². The number of carbonyl (C=O) groups is 2. The maximum Gasteiger partial charge on any atom is 0.251 e. The number of likely N-dealkylation sites (N-methyl/N-ethyl adjacent to an activating group) is 1. The van der Waals surface area contributed by atoms with Gasteiger partial charge >= 0.3 is 0 Å². The summed E-state index contributed by atoms with van der Waals surface area (Å²) in [6.45, 7) is 0.783. The number of nitrogens with zero attached hydrogens (tertiary/aromatic N) is 2. The number of para-hydroxylation sites is 1. The summed E-state index contributed by atoms with van der Waals surface area (Å²) in [4.78, 5) is 32.0. The van der Waals surface area contributed by atoms with Gasteiger partial charge in [0, 0.05) is 23.7 Å². The Kier molecular flexibility index (Phi) is 4.56. The van der Waals surface area contributed by atoms with Crippen molar-refractivity contribution in [3.05, 3.63) is 89.9 Å². The number of likely N-dealkylation sites (tertiary alicyclic amines) is 1. The molecular formula is C25H21N3O3S2. The highest BCUT2D eigenvalue weighted by atomic mass is 32.2. The summed E-state index contributed by atoms with van der Waals surface area (Å²) in [7, 11) is 1.93. The molecule has 2 aromatic carbocycles. The van der Waals surface area contributed by atoms with Crippen LogP contribution in [0.5, 0.6) is 0 Å². The first-order valence-corrected chi connectivity index (χ1v) is 12.0. The quantitative estimate of drug-likeness (QED) is 0.579. The average Bonchev–Trinajstić information content (AvgIpc) is 3.55. The Labute approximate surface area is 200 Å². The molecule has 166 valence electrons. The fourth-order valence-corrected chi connectivity index (χ4v) is 7.89. The van der Waals surface area contributed by atoms with E-state index in [0.29, 0.717) is 16.6 Å². The number of hydrogen-bond acceptors (Lipinski definition) is 6. The Morgan fingerprint density at radius 2 is 1.85 bits per heavy atom. The third-order valence-electron chi connectivity index (χ3n) is 7.08. The summed E-state index contributed by atoms with van der Waals surface area (Å²) >= 11 is 7.12. The van der Waals surface area contributed by atoms with Gasteiger partial charge in [0.2, 0.25) is 5.91 Å². The van der Waals surface area contributed by atoms with E-state index in [1.165, 1.54) is 11.8 Å². The molecular weight excluding hydrogens is 454 g/mol. The SMILES string of the molecule is CN1C[C@@H](c2ccccc2)[C@@]2(SC(=S)N(Cc3ccco3)C2=O)[C@]12C(=O)Nc1ccccc12. The van der Waals surface area contributed by atoms with Gasteiger partial charge in [-0.1, -0.05) is 72.5 Å². The second kappa shape index (κ2) is 7.28. The molecule has 3 aromatic rings. The third kappa shape index (κ3) is 2.57. The van der Waals surface area contributed by atoms with Gasteiger partial charge in [0.25, 0.3) is 5.91 Å². The van der Waals surface area contributed by atoms with Gasteiger partial charge in [-0.05, 0) is 30.8 Å². The van der Waals surface area contributed by atoms with Gasteiger partial charge in [0.1, 0.15) is 14.8 Å². The van der Waals surface area contributed by atoms with Crippen molar-refractivity contribution in [3.63, 3.8) is 0 Å². The maximum absolute atomic E-state index is 14.5. The van der Waals surface area contributed by atoms with Crippen LogP contribution in [-0.4, -0.2) is 44.3 Å². The van der Waals surface area contributed by atoms with Crippen molar-refractivity contribution in [1.29, 1.82) is 0 Å². The number of furan rings is 1. The van der Waals surface area contributed by atoms with Crippen LogP contribution >= 0.6 is 24.0 Å². The Morgan fingerprint density at radius 3 is 2.61 bits per heavy atom. The van der Waals surface area contributed by atoms with E-state index in [1.807, 2.05) is 72.6 Å². The predicted molar refractivity (Wildman–Crippen MR) is 131 cm³/mol. The van der Waals surface area contributed by atoms with Crippen LogP contribution in [0.2, 0.25) is 0 Å². The molecule has 3 aliphatic rings. The van der Waals surface area contributed by atoms with E-state index in [1.54, 1.807) is 17.2 Å². The normalized spacial score (nSPS) is 28.8. The second-order valence-electron chi connectivity index (χ2n) is 8.63. The molecule has 0 unspecified atom stereocenters. The lowest BCUT2D eigenvalue weighted by molar-refractivity contribution is -0.138. The van der Waals surface area contributed by atoms with Crippen molar-refractivity contribution < 1.29 is 14.0 Å². The van der Waals surface area contributed by atoms with Crippen molar-refractivity contribution in [2.45, 2.75) is 22.7 Å². The number of benzene rings is 2. The first-order chi connectivity index (χ1) is 16.0. The fourth-order valence-electron chi connectivity index (χ4n) is 5.75. The van der Waals surface area contributed by atoms with Gasteiger partial charge in [-0.25, -0.2) is 0 Å². The van der Waals surface area contributed by atoms with E-state index in [4.69, 9.17) is 16.6 Å². The number of amides is 2. The summed E-state index contributed by atoms with van der Waals surface area (Å²) in [5.41, 5.74) is 1.39. The number of anilines is 1. The van der Waals surface area contributed by atoms with Gasteiger partial charge in [-0.15, -0.1) is 0 Å². The largest absolute Gasteiger partial charge is 0.467 e. The molecule has 0 saturated carbocycles. The Bertz CT molecular complexity index is 1280. The number of carbonyl (C=O) groups excluding carboxylic acids is 2. The fraction of sp³-hybridized carbons (Fsp3) is 0.240. The molecule has 6 nitrogen and oxygen atoms in total. The minimum Gasteiger partial charge on any atom is -0.467 e. The Hall–Kier alpha value is -2.94. The maximum atomic E-state index is 14.5. The lowest BCUT2D eigenvalue weighted by Crippen LogP contribution is -2.61. The van der Waals surface area contributed by atoms with Crippen molar-refractivity contribution in [1.82, 2.24) is 9.80 Å². The van der Waals surface area contributed by atoms with E-state index in [-0.39, 0.29) is 24.3 Å². The van der Waals surface area contributed by atoms with Gasteiger partial charge in [-0.2, -0.15) is 0 Å². The van der Waals surface area contributed by atoms with Crippen LogP contribution in [0.15, 0.2) is 77.4 Å². The Balaban J connectivity index is 1.59. The minimum atomic E-state index is -1.19. The molecule has 4 heterocycles. The first kappa shape index (κ1) is 20.7. The molecule has 3 aliphatic heterocycles. The molecule has 8 heteroatoms. The standard InChI is InChI=1S/C25H21N3O3S2/c1-27-15-19(16-8-3-2-4-9-16)25(24(27)18-11-5-6-12-20(18)26-21(24)29)22(30)28(23(32)33-25)14-17-10-7-13-31-17/h2-13,19H,14-15H2,1H3,(H,26,29)/t19-,24-,25-/m0/s1. The number of thioether (sulfide) groups is 1. The van der Waals surface area contributed by atoms with Gasteiger partial charge < -0.3 is 9.73 Å². The molecule has 0 bridgehead atoms. The van der Waals surface area contributed by atoms with Crippen LogP contribution < -0.4 is 5.32 Å². The molecule has 2 spiro atoms. The number of nitrogens with one attached hydrogen (secondary N) is 1. The number of rotatable bonds is 3. The zero-order valence-electron chi connectivity index (χ0n) is 17.9. The van der Waals surface area contributed by atoms with Crippen molar-refractivity contribution >= 4 is 45.8 Å². The zero-order valence-corrected chi connectivity index (χ0v) is 19.5. The summed E-state index contributed by atoms with van der Waals surface area (Å²) in [6, 6.07) is 21.2. The average molecular weight is 476 g/mol. The lowest BCUT2D eigenvalue weighted by Gasteiger charge is -2.41. The molecule has 2 amide bonds. The smallest absolute Gasteiger partial charge is 0.251 e. The predicted octanol–water partition coefficient (Wildman–Crippen LogP) is 3.96. The molecule has 6 rings (SSSR count). The molecule has 1 N–H and O–H groups in total. The lowest BCUT2D eigenvalue weighted by atomic mass is 9.72. The highest BCUT2D eigenvalue weighted by Gasteiger charge is 2.77. The molecule has 0 radical (unpaired) electrons. The molecule has 3 atom stereocenters. The van der Waals surface area contributed by atoms with Crippen LogP contribution in [-0.2, 0) is 21.7 Å². The number of fused-ring (bicyclic) bond motifs is 3. The van der Waals surface area contributed by atoms with E-state index < -0.39 is 10.3 Å². The molecule has 33 heavy (non-hydrogen) atoms. The monoisotopic (exact) mass is 475 g/mol. The van der Waals surface area contributed by atoms with E-state index in [0.717, 1.165) is 16.8 Å². The van der Waals surface area contributed by atoms with E-state index in [2.05, 4.69) is 5.32 Å². The zero-order chi connectivity index (χ0) is 22.8. The van der Waals surface area contributed by atoms with Crippen molar-refractivity contribution in [2.24, 2.45) is 0 Å². The number of thiocarbonyl (C=S) groups is 1. The van der Waals surface area contributed by atoms with Crippen LogP contribution in [0, 0.1) is 0 Å². The van der Waals surface area contributed by atoms with Crippen molar-refractivity contribution in [2.75, 3.05) is 18.9 Å². The minimum absolute atomic E-state index is 0.154. The van der Waals surface area contributed by atoms with Crippen molar-refractivity contribution in [3.8, 4) is 0 Å².